The Balaban J connectivity index is 0.000000189. The van der Waals surface area contributed by atoms with Gasteiger partial charge >= 0.3 is 10.3 Å². The third-order valence-electron chi connectivity index (χ3n) is 12.1. The normalized spacial score (nSPS) is 19.3. The lowest BCUT2D eigenvalue weighted by molar-refractivity contribution is -0.119. The van der Waals surface area contributed by atoms with E-state index in [2.05, 4.69) is 17.4 Å². The molecule has 4 fully saturated rings. The molecule has 4 heterocycles. The number of hydrogen-bond donors (Lipinski definition) is 1. The zero-order valence-corrected chi connectivity index (χ0v) is 41.3. The van der Waals surface area contributed by atoms with Crippen molar-refractivity contribution in [2.24, 2.45) is 0 Å². The van der Waals surface area contributed by atoms with Crippen LogP contribution in [0.3, 0.4) is 0 Å². The molecule has 0 aromatic heterocycles. The summed E-state index contributed by atoms with van der Waals surface area (Å²) in [5, 5.41) is 11.5. The van der Waals surface area contributed by atoms with E-state index in [0.717, 1.165) is 50.4 Å². The maximum absolute atomic E-state index is 12.8. The van der Waals surface area contributed by atoms with Crippen LogP contribution in [-0.4, -0.2) is 106 Å². The first-order valence-electron chi connectivity index (χ1n) is 21.4. The van der Waals surface area contributed by atoms with E-state index < -0.39 is 26.6 Å². The van der Waals surface area contributed by atoms with Gasteiger partial charge in [0.2, 0.25) is 0 Å². The second kappa shape index (κ2) is 21.8. The maximum atomic E-state index is 12.8. The number of methoxy groups -OCH3 is 2. The van der Waals surface area contributed by atoms with Crippen LogP contribution in [0.2, 0.25) is 0 Å². The number of nitrogens with zero attached hydrogens (tertiary/aromatic N) is 4. The summed E-state index contributed by atoms with van der Waals surface area (Å²) in [7, 11) is 2.61. The summed E-state index contributed by atoms with van der Waals surface area (Å²) in [6, 6.07) is 17.7. The Morgan fingerprint density at radius 1 is 0.657 bits per heavy atom. The summed E-state index contributed by atoms with van der Waals surface area (Å²) >= 11 is 0. The van der Waals surface area contributed by atoms with E-state index in [1.165, 1.54) is 9.37 Å². The third-order valence-corrected chi connectivity index (χ3v) is 13.9. The number of ether oxygens (including phenoxy) is 4. The summed E-state index contributed by atoms with van der Waals surface area (Å²) in [6.07, 6.45) is 0. The number of halogens is 1. The van der Waals surface area contributed by atoms with Crippen molar-refractivity contribution in [1.29, 1.82) is 0 Å². The molecule has 16 nitrogen and oxygen atoms in total. The average molecular weight is 982 g/mol. The van der Waals surface area contributed by atoms with Crippen LogP contribution in [0.15, 0.2) is 85.0 Å². The summed E-state index contributed by atoms with van der Waals surface area (Å²) in [5.41, 5.74) is 9.57. The number of anilines is 2. The number of amides is 2. The van der Waals surface area contributed by atoms with E-state index in [1.54, 1.807) is 49.1 Å². The van der Waals surface area contributed by atoms with Crippen LogP contribution in [-0.2, 0) is 43.9 Å². The fourth-order valence-electron chi connectivity index (χ4n) is 7.82. The first kappa shape index (κ1) is 51.1. The topological polar surface area (TPSA) is 174 Å². The molecule has 3 atom stereocenters. The van der Waals surface area contributed by atoms with Crippen LogP contribution in [0.1, 0.15) is 56.6 Å². The summed E-state index contributed by atoms with van der Waals surface area (Å²) in [6.45, 7) is 23.0. The Morgan fingerprint density at radius 3 is 1.55 bits per heavy atom. The Hall–Kier alpha value is -5.31. The van der Waals surface area contributed by atoms with Crippen molar-refractivity contribution in [2.75, 3.05) is 76.6 Å². The molecule has 4 aromatic rings. The monoisotopic (exact) mass is 980 g/mol. The van der Waals surface area contributed by atoms with Gasteiger partial charge in [-0.15, -0.1) is 0 Å². The highest BCUT2D eigenvalue weighted by atomic mass is 35.7. The van der Waals surface area contributed by atoms with Gasteiger partial charge in [0.1, 0.15) is 23.0 Å². The number of morpholine rings is 2. The summed E-state index contributed by atoms with van der Waals surface area (Å²) in [5.74, 6) is 1.60. The number of hydrogen-bond acceptors (Lipinski definition) is 13. The number of phenols is 1. The molecule has 0 bridgehead atoms. The second-order valence-electron chi connectivity index (χ2n) is 16.3. The van der Waals surface area contributed by atoms with Gasteiger partial charge in [-0.05, 0) is 110 Å². The number of phenolic OH excluding ortho intramolecular Hbond substituents is 1. The van der Waals surface area contributed by atoms with Crippen molar-refractivity contribution >= 4 is 54.5 Å². The molecular formula is C48H57ClN4O12S2. The molecule has 0 saturated carbocycles. The van der Waals surface area contributed by atoms with Crippen LogP contribution in [0, 0.1) is 41.5 Å². The predicted octanol–water partition coefficient (Wildman–Crippen LogP) is 7.26. The van der Waals surface area contributed by atoms with Gasteiger partial charge in [0.15, 0.2) is 0 Å². The van der Waals surface area contributed by atoms with Crippen LogP contribution in [0.5, 0.6) is 23.0 Å². The highest BCUT2D eigenvalue weighted by Gasteiger charge is 2.44. The van der Waals surface area contributed by atoms with E-state index >= 15 is 0 Å². The van der Waals surface area contributed by atoms with E-state index in [1.807, 2.05) is 77.1 Å². The number of hydroxylamine groups is 2. The first-order valence-corrected chi connectivity index (χ1v) is 24.7. The standard InChI is InChI=1S/C24H28N2O6S.C20H21NO3.C4H8ClNO3S/c1-15-6-7-19(13-21(15)32-33(28,29)25-8-10-31-11-9-25)23-18(4)24(27)26(23)20-12-16(2)17(3)22(14-20)30-5;1-11-6-7-15(9-17(11)22)19-14(4)20(23)21(19)16-8-12(2)13(3)18(10-16)24-5;5-10(7)9-6-1-3-8-4-2-6/h6-7,12-14,23H,4,8-11H2,1-3,5H3;6-10,19,22H,4H2,1-3,5H3;1-4H2/t23-;19-;/m11./s1. The van der Waals surface area contributed by atoms with Gasteiger partial charge < -0.3 is 28.2 Å². The average Bonchev–Trinajstić information content (AvgIpc) is 3.31. The zero-order valence-electron chi connectivity index (χ0n) is 38.9. The fourth-order valence-corrected chi connectivity index (χ4v) is 9.49. The van der Waals surface area contributed by atoms with Gasteiger partial charge in [0.05, 0.1) is 52.7 Å². The number of carbonyl (C=O) groups excluding carboxylic acids is 2. The zero-order chi connectivity index (χ0) is 48.9. The minimum Gasteiger partial charge on any atom is -0.508 e. The Labute approximate surface area is 399 Å². The third kappa shape index (κ3) is 11.4. The predicted molar refractivity (Wildman–Crippen MR) is 257 cm³/mol. The van der Waals surface area contributed by atoms with E-state index in [9.17, 15) is 27.3 Å². The van der Waals surface area contributed by atoms with Crippen LogP contribution in [0.25, 0.3) is 0 Å². The van der Waals surface area contributed by atoms with Crippen molar-refractivity contribution in [3.63, 3.8) is 0 Å². The van der Waals surface area contributed by atoms with Crippen LogP contribution in [0.4, 0.5) is 11.4 Å². The minimum absolute atomic E-state index is 0.106. The van der Waals surface area contributed by atoms with Gasteiger partial charge in [-0.25, -0.2) is 4.21 Å². The quantitative estimate of drug-likeness (QED) is 0.0905. The van der Waals surface area contributed by atoms with Crippen molar-refractivity contribution in [1.82, 2.24) is 9.37 Å². The van der Waals surface area contributed by atoms with Gasteiger partial charge in [-0.2, -0.15) is 22.1 Å². The molecule has 8 rings (SSSR count). The minimum atomic E-state index is -3.97. The van der Waals surface area contributed by atoms with Gasteiger partial charge in [-0.3, -0.25) is 19.4 Å². The molecule has 2 amide bonds. The second-order valence-corrected chi connectivity index (χ2v) is 19.2. The molecule has 4 saturated heterocycles. The molecule has 1 N–H and O–H groups in total. The van der Waals surface area contributed by atoms with Crippen LogP contribution < -0.4 is 23.5 Å². The van der Waals surface area contributed by atoms with Crippen molar-refractivity contribution in [2.45, 2.75) is 53.6 Å². The molecule has 4 aromatic carbocycles. The molecule has 0 radical (unpaired) electrons. The molecule has 4 aliphatic rings. The molecule has 19 heteroatoms. The van der Waals surface area contributed by atoms with Crippen LogP contribution >= 0.6 is 10.7 Å². The molecule has 0 aliphatic carbocycles. The molecular weight excluding hydrogens is 924 g/mol. The lowest BCUT2D eigenvalue weighted by Gasteiger charge is -2.43. The Bertz CT molecular complexity index is 2690. The SMILES string of the molecule is C=C1C(=O)N(c2cc(C)c(C)c(OC)c2)[C@H]1c1ccc(C)c(O)c1.C=C1C(=O)N(c2cc(C)c(C)c(OC)c2)[C@H]1c1ccc(C)c(OS(=O)(=O)N2CCOCC2)c1.O=S(Cl)ON1CCOCC1. The molecule has 4 aliphatic heterocycles. The first-order chi connectivity index (χ1) is 31.8. The van der Waals surface area contributed by atoms with E-state index in [-0.39, 0.29) is 42.4 Å². The summed E-state index contributed by atoms with van der Waals surface area (Å²) < 4.78 is 68.4. The molecule has 67 heavy (non-hydrogen) atoms. The molecule has 1 unspecified atom stereocenters. The molecule has 360 valence electrons. The highest BCUT2D eigenvalue weighted by Crippen LogP contribution is 2.46. The fraction of sp³-hybridized carbons (Fsp3) is 0.375. The smallest absolute Gasteiger partial charge is 0.385 e. The number of carbonyl (C=O) groups is 2. The number of rotatable bonds is 11. The maximum Gasteiger partial charge on any atom is 0.385 e. The van der Waals surface area contributed by atoms with E-state index in [4.69, 9.17) is 33.8 Å². The number of benzene rings is 4. The summed E-state index contributed by atoms with van der Waals surface area (Å²) in [4.78, 5) is 28.5. The molecule has 0 spiro atoms. The van der Waals surface area contributed by atoms with Crippen molar-refractivity contribution in [3.05, 3.63) is 129 Å². The van der Waals surface area contributed by atoms with Gasteiger partial charge in [0, 0.05) is 71.5 Å². The lowest BCUT2D eigenvalue weighted by atomic mass is 9.87. The highest BCUT2D eigenvalue weighted by molar-refractivity contribution is 8.04. The number of β-lactam (4-membered cyclic amide) rings is 2. The largest absolute Gasteiger partial charge is 0.508 e. The van der Waals surface area contributed by atoms with Gasteiger partial charge in [-0.1, -0.05) is 37.4 Å². The van der Waals surface area contributed by atoms with Crippen molar-refractivity contribution < 1.29 is 54.7 Å². The van der Waals surface area contributed by atoms with Gasteiger partial charge in [0.25, 0.3) is 22.1 Å². The lowest BCUT2D eigenvalue weighted by Crippen LogP contribution is -2.49. The Morgan fingerprint density at radius 2 is 1.10 bits per heavy atom. The number of aryl methyl sites for hydroxylation is 4. The van der Waals surface area contributed by atoms with E-state index in [0.29, 0.717) is 67.7 Å². The van der Waals surface area contributed by atoms with Crippen molar-refractivity contribution in [3.8, 4) is 23.0 Å². The number of aromatic hydroxyl groups is 1. The Kier molecular flexibility index (Phi) is 16.6.